The van der Waals surface area contributed by atoms with Crippen LogP contribution in [0.5, 0.6) is 5.75 Å². The molecule has 88 valence electrons. The quantitative estimate of drug-likeness (QED) is 0.848. The van der Waals surface area contributed by atoms with Gasteiger partial charge in [0.2, 0.25) is 0 Å². The predicted octanol–water partition coefficient (Wildman–Crippen LogP) is 2.34. The van der Waals surface area contributed by atoms with Gasteiger partial charge in [0.05, 0.1) is 7.11 Å². The van der Waals surface area contributed by atoms with Crippen LogP contribution in [0.2, 0.25) is 0 Å². The molecular formula is C13H13NO3. The summed E-state index contributed by atoms with van der Waals surface area (Å²) in [7, 11) is 1.63. The number of benzene rings is 2. The molecule has 0 amide bonds. The van der Waals surface area contributed by atoms with Gasteiger partial charge in [-0.3, -0.25) is 4.79 Å². The lowest BCUT2D eigenvalue weighted by molar-refractivity contribution is -0.134. The van der Waals surface area contributed by atoms with E-state index in [9.17, 15) is 4.79 Å². The van der Waals surface area contributed by atoms with Crippen LogP contribution in [0.25, 0.3) is 10.8 Å². The van der Waals surface area contributed by atoms with Crippen LogP contribution in [0, 0.1) is 0 Å². The van der Waals surface area contributed by atoms with E-state index < -0.39 is 5.97 Å². The number of methoxy groups -OCH3 is 1. The number of aliphatic carboxylic acids is 1. The number of nitrogens with one attached hydrogen (secondary N) is 1. The van der Waals surface area contributed by atoms with Crippen LogP contribution in [0.1, 0.15) is 0 Å². The Bertz CT molecular complexity index is 551. The zero-order valence-corrected chi connectivity index (χ0v) is 9.43. The molecule has 0 spiro atoms. The van der Waals surface area contributed by atoms with Gasteiger partial charge in [0.1, 0.15) is 12.3 Å². The number of carboxylic acid groups (broad SMARTS) is 1. The lowest BCUT2D eigenvalue weighted by Gasteiger charge is -2.06. The first-order valence-electron chi connectivity index (χ1n) is 5.22. The Morgan fingerprint density at radius 1 is 1.24 bits per heavy atom. The Labute approximate surface area is 98.8 Å². The Balaban J connectivity index is 2.28. The summed E-state index contributed by atoms with van der Waals surface area (Å²) in [5.74, 6) is -0.0661. The Morgan fingerprint density at radius 3 is 2.65 bits per heavy atom. The van der Waals surface area contributed by atoms with E-state index >= 15 is 0 Å². The normalized spacial score (nSPS) is 10.2. The molecule has 0 atom stereocenters. The van der Waals surface area contributed by atoms with Crippen molar-refractivity contribution >= 4 is 22.4 Å². The lowest BCUT2D eigenvalue weighted by atomic mass is 10.1. The third kappa shape index (κ3) is 2.66. The Kier molecular flexibility index (Phi) is 3.14. The number of carboxylic acids is 1. The number of carbonyl (C=O) groups is 1. The van der Waals surface area contributed by atoms with Crippen molar-refractivity contribution in [3.63, 3.8) is 0 Å². The minimum absolute atomic E-state index is 0.0817. The van der Waals surface area contributed by atoms with Crippen molar-refractivity contribution < 1.29 is 14.6 Å². The van der Waals surface area contributed by atoms with Gasteiger partial charge >= 0.3 is 5.97 Å². The molecule has 2 N–H and O–H groups in total. The van der Waals surface area contributed by atoms with Gasteiger partial charge in [-0.15, -0.1) is 0 Å². The molecule has 2 aromatic rings. The van der Waals surface area contributed by atoms with E-state index in [0.29, 0.717) is 0 Å². The summed E-state index contributed by atoms with van der Waals surface area (Å²) in [4.78, 5) is 10.4. The summed E-state index contributed by atoms with van der Waals surface area (Å²) in [6.45, 7) is -0.0817. The lowest BCUT2D eigenvalue weighted by Crippen LogP contribution is -2.12. The fourth-order valence-electron chi connectivity index (χ4n) is 1.64. The van der Waals surface area contributed by atoms with Crippen molar-refractivity contribution in [2.24, 2.45) is 0 Å². The van der Waals surface area contributed by atoms with Crippen LogP contribution in [-0.4, -0.2) is 24.7 Å². The van der Waals surface area contributed by atoms with E-state index in [2.05, 4.69) is 5.32 Å². The zero-order valence-electron chi connectivity index (χ0n) is 9.43. The summed E-state index contributed by atoms with van der Waals surface area (Å²) in [6.07, 6.45) is 0. The summed E-state index contributed by atoms with van der Waals surface area (Å²) < 4.78 is 5.14. The summed E-state index contributed by atoms with van der Waals surface area (Å²) >= 11 is 0. The molecule has 0 radical (unpaired) electrons. The van der Waals surface area contributed by atoms with Crippen LogP contribution in [0.4, 0.5) is 5.69 Å². The molecule has 0 aliphatic rings. The van der Waals surface area contributed by atoms with Gasteiger partial charge in [0, 0.05) is 5.69 Å². The van der Waals surface area contributed by atoms with Crippen molar-refractivity contribution in [1.82, 2.24) is 0 Å². The second-order valence-electron chi connectivity index (χ2n) is 3.68. The van der Waals surface area contributed by atoms with Gasteiger partial charge in [-0.1, -0.05) is 12.1 Å². The van der Waals surface area contributed by atoms with Crippen LogP contribution >= 0.6 is 0 Å². The molecule has 0 unspecified atom stereocenters. The molecule has 0 heterocycles. The fourth-order valence-corrected chi connectivity index (χ4v) is 1.64. The van der Waals surface area contributed by atoms with Crippen molar-refractivity contribution in [2.45, 2.75) is 0 Å². The average molecular weight is 231 g/mol. The van der Waals surface area contributed by atoms with E-state index in [1.807, 2.05) is 36.4 Å². The summed E-state index contributed by atoms with van der Waals surface area (Å²) in [5.41, 5.74) is 0.796. The third-order valence-electron chi connectivity index (χ3n) is 2.49. The molecule has 4 heteroatoms. The molecule has 0 saturated carbocycles. The minimum Gasteiger partial charge on any atom is -0.497 e. The number of fused-ring (bicyclic) bond motifs is 1. The number of rotatable bonds is 4. The zero-order chi connectivity index (χ0) is 12.3. The smallest absolute Gasteiger partial charge is 0.322 e. The van der Waals surface area contributed by atoms with Crippen molar-refractivity contribution in [1.29, 1.82) is 0 Å². The molecular weight excluding hydrogens is 218 g/mol. The molecule has 17 heavy (non-hydrogen) atoms. The maximum atomic E-state index is 10.4. The van der Waals surface area contributed by atoms with E-state index in [0.717, 1.165) is 22.2 Å². The molecule has 0 aromatic heterocycles. The standard InChI is InChI=1S/C13H13NO3/c1-17-12-5-3-9-6-11(14-8-13(15)16)4-2-10(9)7-12/h2-7,14H,8H2,1H3,(H,15,16). The highest BCUT2D eigenvalue weighted by molar-refractivity contribution is 5.87. The fraction of sp³-hybridized carbons (Fsp3) is 0.154. The number of ether oxygens (including phenoxy) is 1. The number of hydrogen-bond acceptors (Lipinski definition) is 3. The summed E-state index contributed by atoms with van der Waals surface area (Å²) in [5, 5.41) is 13.5. The SMILES string of the molecule is COc1ccc2cc(NCC(=O)O)ccc2c1. The second kappa shape index (κ2) is 4.74. The van der Waals surface area contributed by atoms with Gasteiger partial charge in [-0.05, 0) is 35.0 Å². The van der Waals surface area contributed by atoms with E-state index in [-0.39, 0.29) is 6.54 Å². The molecule has 0 fully saturated rings. The average Bonchev–Trinajstić information content (AvgIpc) is 2.35. The number of anilines is 1. The number of hydrogen-bond donors (Lipinski definition) is 2. The van der Waals surface area contributed by atoms with Crippen molar-refractivity contribution in [2.75, 3.05) is 19.0 Å². The first-order chi connectivity index (χ1) is 8.19. The topological polar surface area (TPSA) is 58.6 Å². The highest BCUT2D eigenvalue weighted by Gasteiger charge is 2.00. The first-order valence-corrected chi connectivity index (χ1v) is 5.22. The highest BCUT2D eigenvalue weighted by atomic mass is 16.5. The molecule has 0 bridgehead atoms. The highest BCUT2D eigenvalue weighted by Crippen LogP contribution is 2.23. The van der Waals surface area contributed by atoms with E-state index in [1.54, 1.807) is 7.11 Å². The van der Waals surface area contributed by atoms with Crippen LogP contribution < -0.4 is 10.1 Å². The van der Waals surface area contributed by atoms with E-state index in [1.165, 1.54) is 0 Å². The molecule has 0 aliphatic carbocycles. The first kappa shape index (κ1) is 11.3. The predicted molar refractivity (Wildman–Crippen MR) is 66.6 cm³/mol. The molecule has 0 saturated heterocycles. The molecule has 2 rings (SSSR count). The van der Waals surface area contributed by atoms with Crippen LogP contribution in [-0.2, 0) is 4.79 Å². The van der Waals surface area contributed by atoms with Gasteiger partial charge < -0.3 is 15.2 Å². The van der Waals surface area contributed by atoms with Gasteiger partial charge in [-0.25, -0.2) is 0 Å². The minimum atomic E-state index is -0.875. The van der Waals surface area contributed by atoms with Gasteiger partial charge in [-0.2, -0.15) is 0 Å². The molecule has 0 aliphatic heterocycles. The van der Waals surface area contributed by atoms with Gasteiger partial charge in [0.25, 0.3) is 0 Å². The Morgan fingerprint density at radius 2 is 1.94 bits per heavy atom. The maximum Gasteiger partial charge on any atom is 0.322 e. The third-order valence-corrected chi connectivity index (χ3v) is 2.49. The molecule has 4 nitrogen and oxygen atoms in total. The maximum absolute atomic E-state index is 10.4. The summed E-state index contributed by atoms with van der Waals surface area (Å²) in [6, 6.07) is 11.5. The Hall–Kier alpha value is -2.23. The molecule has 2 aromatic carbocycles. The second-order valence-corrected chi connectivity index (χ2v) is 3.68. The largest absolute Gasteiger partial charge is 0.497 e. The van der Waals surface area contributed by atoms with E-state index in [4.69, 9.17) is 9.84 Å². The van der Waals surface area contributed by atoms with Crippen molar-refractivity contribution in [3.05, 3.63) is 36.4 Å². The monoisotopic (exact) mass is 231 g/mol. The van der Waals surface area contributed by atoms with Crippen LogP contribution in [0.3, 0.4) is 0 Å². The van der Waals surface area contributed by atoms with Gasteiger partial charge in [0.15, 0.2) is 0 Å². The van der Waals surface area contributed by atoms with Crippen LogP contribution in [0.15, 0.2) is 36.4 Å². The van der Waals surface area contributed by atoms with Crippen molar-refractivity contribution in [3.8, 4) is 5.75 Å².